The second kappa shape index (κ2) is 6.15. The Bertz CT molecular complexity index is 683. The van der Waals surface area contributed by atoms with Crippen LogP contribution in [-0.4, -0.2) is 22.1 Å². The highest BCUT2D eigenvalue weighted by atomic mass is 19.1. The van der Waals surface area contributed by atoms with Gasteiger partial charge < -0.3 is 15.5 Å². The van der Waals surface area contributed by atoms with E-state index in [1.165, 1.54) is 12.1 Å². The summed E-state index contributed by atoms with van der Waals surface area (Å²) in [6, 6.07) is 9.26. The summed E-state index contributed by atoms with van der Waals surface area (Å²) in [7, 11) is 0. The molecule has 2 aromatic rings. The molecule has 1 amide bonds. The van der Waals surface area contributed by atoms with Crippen LogP contribution >= 0.6 is 0 Å². The number of amides is 1. The minimum absolute atomic E-state index is 0.123. The van der Waals surface area contributed by atoms with E-state index >= 15 is 0 Å². The number of rotatable bonds is 4. The normalized spacial score (nSPS) is 10.2. The Hall–Kier alpha value is -2.73. The maximum atomic E-state index is 13.6. The van der Waals surface area contributed by atoms with Crippen molar-refractivity contribution >= 4 is 17.6 Å². The Morgan fingerprint density at radius 1 is 1.05 bits per heavy atom. The van der Waals surface area contributed by atoms with E-state index in [9.17, 15) is 14.0 Å². The first-order valence-corrected chi connectivity index (χ1v) is 6.05. The van der Waals surface area contributed by atoms with E-state index in [0.717, 1.165) is 18.2 Å². The third kappa shape index (κ3) is 3.43. The molecule has 21 heavy (non-hydrogen) atoms. The lowest BCUT2D eigenvalue weighted by atomic mass is 10.1. The van der Waals surface area contributed by atoms with Gasteiger partial charge in [-0.3, -0.25) is 4.79 Å². The first kappa shape index (κ1) is 14.7. The Balaban J connectivity index is 2.22. The molecule has 0 aliphatic rings. The number of hydrogen-bond donors (Lipinski definition) is 3. The van der Waals surface area contributed by atoms with Crippen LogP contribution in [0.15, 0.2) is 42.5 Å². The number of carbonyl (C=O) groups is 2. The van der Waals surface area contributed by atoms with Crippen molar-refractivity contribution in [2.45, 2.75) is 6.61 Å². The third-order valence-electron chi connectivity index (χ3n) is 2.86. The van der Waals surface area contributed by atoms with Crippen LogP contribution in [0.5, 0.6) is 0 Å². The molecule has 0 fully saturated rings. The minimum atomic E-state index is -1.21. The third-order valence-corrected chi connectivity index (χ3v) is 2.86. The molecule has 0 saturated carbocycles. The largest absolute Gasteiger partial charge is 0.478 e. The highest BCUT2D eigenvalue weighted by Gasteiger charge is 2.12. The number of anilines is 1. The van der Waals surface area contributed by atoms with Gasteiger partial charge in [0.2, 0.25) is 0 Å². The van der Waals surface area contributed by atoms with Crippen LogP contribution in [0.3, 0.4) is 0 Å². The lowest BCUT2D eigenvalue weighted by Gasteiger charge is -2.08. The Morgan fingerprint density at radius 3 is 2.24 bits per heavy atom. The van der Waals surface area contributed by atoms with Crippen molar-refractivity contribution in [3.05, 3.63) is 65.0 Å². The molecule has 0 aromatic heterocycles. The van der Waals surface area contributed by atoms with Crippen molar-refractivity contribution in [3.8, 4) is 0 Å². The highest BCUT2D eigenvalue weighted by Crippen LogP contribution is 2.17. The molecule has 108 valence electrons. The zero-order valence-corrected chi connectivity index (χ0v) is 10.8. The Kier molecular flexibility index (Phi) is 4.30. The Labute approximate surface area is 119 Å². The van der Waals surface area contributed by atoms with Crippen molar-refractivity contribution in [1.29, 1.82) is 0 Å². The average molecular weight is 289 g/mol. The van der Waals surface area contributed by atoms with Gasteiger partial charge in [-0.1, -0.05) is 12.1 Å². The maximum Gasteiger partial charge on any atom is 0.335 e. The number of carboxylic acid groups (broad SMARTS) is 1. The number of aliphatic hydroxyl groups is 1. The van der Waals surface area contributed by atoms with Crippen LogP contribution in [0, 0.1) is 5.82 Å². The van der Waals surface area contributed by atoms with Gasteiger partial charge in [-0.05, 0) is 35.9 Å². The first-order chi connectivity index (χ1) is 10.0. The smallest absolute Gasteiger partial charge is 0.335 e. The predicted molar refractivity (Wildman–Crippen MR) is 73.7 cm³/mol. The number of aliphatic hydroxyl groups excluding tert-OH is 1. The van der Waals surface area contributed by atoms with Crippen LogP contribution in [0.4, 0.5) is 10.1 Å². The summed E-state index contributed by atoms with van der Waals surface area (Å²) in [4.78, 5) is 22.8. The lowest BCUT2D eigenvalue weighted by Crippen LogP contribution is -2.13. The summed E-state index contributed by atoms with van der Waals surface area (Å²) < 4.78 is 13.6. The highest BCUT2D eigenvalue weighted by molar-refractivity contribution is 6.04. The second-order valence-corrected chi connectivity index (χ2v) is 4.31. The summed E-state index contributed by atoms with van der Waals surface area (Å²) in [5.41, 5.74) is 0.589. The van der Waals surface area contributed by atoms with E-state index in [2.05, 4.69) is 5.32 Å². The Morgan fingerprint density at radius 2 is 1.67 bits per heavy atom. The summed E-state index contributed by atoms with van der Waals surface area (Å²) in [5, 5.41) is 20.1. The van der Waals surface area contributed by atoms with Gasteiger partial charge in [0.05, 0.1) is 17.9 Å². The van der Waals surface area contributed by atoms with Crippen molar-refractivity contribution < 1.29 is 24.2 Å². The molecule has 0 bridgehead atoms. The molecule has 0 saturated heterocycles. The molecular formula is C15H12FNO4. The summed E-state index contributed by atoms with van der Waals surface area (Å²) in [6.07, 6.45) is 0. The summed E-state index contributed by atoms with van der Waals surface area (Å²) in [5.74, 6) is -2.50. The monoisotopic (exact) mass is 289 g/mol. The molecule has 2 rings (SSSR count). The quantitative estimate of drug-likeness (QED) is 0.805. The zero-order valence-electron chi connectivity index (χ0n) is 10.8. The van der Waals surface area contributed by atoms with Gasteiger partial charge in [-0.25, -0.2) is 9.18 Å². The van der Waals surface area contributed by atoms with Gasteiger partial charge in [-0.2, -0.15) is 0 Å². The van der Waals surface area contributed by atoms with Gasteiger partial charge in [0.25, 0.3) is 5.91 Å². The van der Waals surface area contributed by atoms with Crippen LogP contribution in [-0.2, 0) is 6.61 Å². The van der Waals surface area contributed by atoms with E-state index in [4.69, 9.17) is 10.2 Å². The molecule has 0 unspecified atom stereocenters. The average Bonchev–Trinajstić information content (AvgIpc) is 2.49. The first-order valence-electron chi connectivity index (χ1n) is 6.05. The molecule has 0 heterocycles. The number of nitrogens with one attached hydrogen (secondary N) is 1. The molecule has 0 aliphatic heterocycles. The molecule has 0 atom stereocenters. The number of aromatic carboxylic acids is 1. The molecule has 2 aromatic carbocycles. The van der Waals surface area contributed by atoms with E-state index in [-0.39, 0.29) is 23.4 Å². The van der Waals surface area contributed by atoms with E-state index in [1.807, 2.05) is 0 Å². The summed E-state index contributed by atoms with van der Waals surface area (Å²) in [6.45, 7) is -0.142. The van der Waals surface area contributed by atoms with Crippen LogP contribution < -0.4 is 5.32 Å². The number of carboxylic acids is 1. The number of carbonyl (C=O) groups excluding carboxylic acids is 1. The fraction of sp³-hybridized carbons (Fsp3) is 0.0667. The van der Waals surface area contributed by atoms with Crippen LogP contribution in [0.1, 0.15) is 26.3 Å². The van der Waals surface area contributed by atoms with Gasteiger partial charge in [0.15, 0.2) is 0 Å². The molecule has 0 spiro atoms. The second-order valence-electron chi connectivity index (χ2n) is 4.31. The molecule has 5 nitrogen and oxygen atoms in total. The van der Waals surface area contributed by atoms with Crippen molar-refractivity contribution in [3.63, 3.8) is 0 Å². The van der Waals surface area contributed by atoms with Gasteiger partial charge in [0.1, 0.15) is 5.82 Å². The SMILES string of the molecule is O=C(O)c1ccc(F)c(NC(=O)c2ccc(CO)cc2)c1. The minimum Gasteiger partial charge on any atom is -0.478 e. The van der Waals surface area contributed by atoms with Crippen LogP contribution in [0.25, 0.3) is 0 Å². The number of halogens is 1. The molecule has 3 N–H and O–H groups in total. The van der Waals surface area contributed by atoms with E-state index in [1.54, 1.807) is 12.1 Å². The standard InChI is InChI=1S/C15H12FNO4/c16-12-6-5-11(15(20)21)7-13(12)17-14(19)10-3-1-9(8-18)2-4-10/h1-7,18H,8H2,(H,17,19)(H,20,21). The van der Waals surface area contributed by atoms with Gasteiger partial charge in [-0.15, -0.1) is 0 Å². The van der Waals surface area contributed by atoms with Crippen LogP contribution in [0.2, 0.25) is 0 Å². The van der Waals surface area contributed by atoms with Crippen molar-refractivity contribution in [2.24, 2.45) is 0 Å². The van der Waals surface area contributed by atoms with E-state index in [0.29, 0.717) is 5.56 Å². The van der Waals surface area contributed by atoms with Crippen molar-refractivity contribution in [2.75, 3.05) is 5.32 Å². The van der Waals surface area contributed by atoms with E-state index < -0.39 is 17.7 Å². The molecular weight excluding hydrogens is 277 g/mol. The zero-order chi connectivity index (χ0) is 15.4. The number of benzene rings is 2. The van der Waals surface area contributed by atoms with Crippen molar-refractivity contribution in [1.82, 2.24) is 0 Å². The molecule has 0 radical (unpaired) electrons. The molecule has 0 aliphatic carbocycles. The predicted octanol–water partition coefficient (Wildman–Crippen LogP) is 2.27. The van der Waals surface area contributed by atoms with Gasteiger partial charge >= 0.3 is 5.97 Å². The maximum absolute atomic E-state index is 13.6. The molecule has 6 heteroatoms. The fourth-order valence-electron chi connectivity index (χ4n) is 1.71. The number of hydrogen-bond acceptors (Lipinski definition) is 3. The topological polar surface area (TPSA) is 86.6 Å². The summed E-state index contributed by atoms with van der Waals surface area (Å²) >= 11 is 0. The fourth-order valence-corrected chi connectivity index (χ4v) is 1.71. The lowest BCUT2D eigenvalue weighted by molar-refractivity contribution is 0.0696. The van der Waals surface area contributed by atoms with Gasteiger partial charge in [0, 0.05) is 5.56 Å².